The lowest BCUT2D eigenvalue weighted by molar-refractivity contribution is -0.137. The van der Waals surface area contributed by atoms with Gasteiger partial charge in [0.05, 0.1) is 16.8 Å². The molecule has 0 aliphatic carbocycles. The first-order valence-electron chi connectivity index (χ1n) is 8.09. The number of nitrogens with two attached hydrogens (primary N) is 1. The average molecular weight is 350 g/mol. The first-order chi connectivity index (χ1) is 11.9. The van der Waals surface area contributed by atoms with Crippen molar-refractivity contribution in [1.29, 1.82) is 0 Å². The van der Waals surface area contributed by atoms with Crippen molar-refractivity contribution >= 4 is 10.9 Å². The molecule has 3 N–H and O–H groups in total. The number of halogens is 4. The van der Waals surface area contributed by atoms with E-state index in [1.807, 2.05) is 0 Å². The Morgan fingerprint density at radius 1 is 0.960 bits per heavy atom. The Kier molecular flexibility index (Phi) is 4.81. The third-order valence-corrected chi connectivity index (χ3v) is 4.27. The van der Waals surface area contributed by atoms with Crippen molar-refractivity contribution in [3.05, 3.63) is 59.4 Å². The lowest BCUT2D eigenvalue weighted by Gasteiger charge is -2.13. The zero-order chi connectivity index (χ0) is 18.0. The number of aryl methyl sites for hydroxylation is 1. The van der Waals surface area contributed by atoms with E-state index in [4.69, 9.17) is 5.73 Å². The predicted molar refractivity (Wildman–Crippen MR) is 90.7 cm³/mol. The molecule has 0 atom stereocenters. The number of hydrogen-bond acceptors (Lipinski definition) is 1. The molecule has 1 heterocycles. The zero-order valence-corrected chi connectivity index (χ0v) is 13.5. The molecule has 0 spiro atoms. The molecule has 0 saturated heterocycles. The predicted octanol–water partition coefficient (Wildman–Crippen LogP) is 5.27. The molecule has 0 saturated carbocycles. The number of benzene rings is 2. The minimum absolute atomic E-state index is 0.0355. The Balaban J connectivity index is 2.22. The fraction of sp³-hybridized carbons (Fsp3) is 0.263. The van der Waals surface area contributed by atoms with E-state index < -0.39 is 17.6 Å². The van der Waals surface area contributed by atoms with Gasteiger partial charge < -0.3 is 10.7 Å². The van der Waals surface area contributed by atoms with Crippen LogP contribution in [0.15, 0.2) is 42.5 Å². The summed E-state index contributed by atoms with van der Waals surface area (Å²) >= 11 is 0. The van der Waals surface area contributed by atoms with Gasteiger partial charge in [0.1, 0.15) is 5.82 Å². The first-order valence-corrected chi connectivity index (χ1v) is 8.09. The van der Waals surface area contributed by atoms with Crippen molar-refractivity contribution in [2.45, 2.75) is 25.4 Å². The highest BCUT2D eigenvalue weighted by Crippen LogP contribution is 2.40. The topological polar surface area (TPSA) is 41.8 Å². The molecule has 0 aliphatic heterocycles. The second-order valence-electron chi connectivity index (χ2n) is 5.93. The van der Waals surface area contributed by atoms with E-state index in [1.54, 1.807) is 18.2 Å². The number of unbranched alkanes of at least 4 members (excludes halogenated alkanes) is 1. The van der Waals surface area contributed by atoms with E-state index in [1.165, 1.54) is 18.2 Å². The second-order valence-corrected chi connectivity index (χ2v) is 5.93. The van der Waals surface area contributed by atoms with Gasteiger partial charge in [0.2, 0.25) is 0 Å². The van der Waals surface area contributed by atoms with Crippen molar-refractivity contribution < 1.29 is 17.6 Å². The minimum Gasteiger partial charge on any atom is -0.352 e. The fourth-order valence-corrected chi connectivity index (χ4v) is 3.12. The summed E-state index contributed by atoms with van der Waals surface area (Å²) in [5.41, 5.74) is 6.07. The highest BCUT2D eigenvalue weighted by atomic mass is 19.4. The Morgan fingerprint density at radius 2 is 1.72 bits per heavy atom. The molecule has 0 amide bonds. The first kappa shape index (κ1) is 17.5. The molecule has 6 heteroatoms. The number of nitrogens with one attached hydrogen (secondary N) is 1. The second kappa shape index (κ2) is 6.88. The Hall–Kier alpha value is -2.34. The van der Waals surface area contributed by atoms with Crippen LogP contribution in [0, 0.1) is 5.82 Å². The molecule has 25 heavy (non-hydrogen) atoms. The Bertz CT molecular complexity index is 881. The van der Waals surface area contributed by atoms with Gasteiger partial charge in [-0.1, -0.05) is 30.3 Å². The number of aromatic nitrogens is 1. The van der Waals surface area contributed by atoms with Gasteiger partial charge in [-0.3, -0.25) is 0 Å². The molecule has 0 unspecified atom stereocenters. The van der Waals surface area contributed by atoms with Crippen LogP contribution in [0.25, 0.3) is 22.2 Å². The number of H-pyrrole nitrogens is 1. The molecule has 132 valence electrons. The van der Waals surface area contributed by atoms with Crippen molar-refractivity contribution in [3.8, 4) is 11.3 Å². The van der Waals surface area contributed by atoms with Gasteiger partial charge in [-0.2, -0.15) is 13.2 Å². The summed E-state index contributed by atoms with van der Waals surface area (Å²) in [6.07, 6.45) is -2.48. The molecular weight excluding hydrogens is 332 g/mol. The van der Waals surface area contributed by atoms with Gasteiger partial charge in [0, 0.05) is 10.9 Å². The molecule has 3 aromatic rings. The van der Waals surface area contributed by atoms with E-state index >= 15 is 0 Å². The number of fused-ring (bicyclic) bond motifs is 1. The fourth-order valence-electron chi connectivity index (χ4n) is 3.12. The van der Waals surface area contributed by atoms with Crippen molar-refractivity contribution in [1.82, 2.24) is 4.98 Å². The van der Waals surface area contributed by atoms with Crippen LogP contribution < -0.4 is 5.73 Å². The van der Waals surface area contributed by atoms with Gasteiger partial charge in [-0.05, 0) is 43.5 Å². The third kappa shape index (κ3) is 3.39. The normalized spacial score (nSPS) is 12.0. The highest BCUT2D eigenvalue weighted by Gasteiger charge is 2.34. The van der Waals surface area contributed by atoms with E-state index in [0.29, 0.717) is 29.6 Å². The molecule has 0 aliphatic rings. The van der Waals surface area contributed by atoms with Crippen LogP contribution in [-0.4, -0.2) is 11.5 Å². The van der Waals surface area contributed by atoms with Crippen molar-refractivity contribution in [3.63, 3.8) is 0 Å². The highest BCUT2D eigenvalue weighted by molar-refractivity contribution is 5.91. The van der Waals surface area contributed by atoms with Crippen molar-refractivity contribution in [2.24, 2.45) is 5.73 Å². The van der Waals surface area contributed by atoms with E-state index in [2.05, 4.69) is 4.98 Å². The summed E-state index contributed by atoms with van der Waals surface area (Å²) in [5.74, 6) is -0.478. The van der Waals surface area contributed by atoms with Crippen molar-refractivity contribution in [2.75, 3.05) is 6.54 Å². The molecule has 3 rings (SSSR count). The largest absolute Gasteiger partial charge is 0.417 e. The molecule has 0 radical (unpaired) electrons. The van der Waals surface area contributed by atoms with Crippen LogP contribution in [0.5, 0.6) is 0 Å². The maximum atomic E-state index is 14.1. The third-order valence-electron chi connectivity index (χ3n) is 4.27. The molecule has 0 fully saturated rings. The standard InChI is InChI=1S/C19H18F4N2/c20-16-10-5-8-13-12(6-3-4-11-24)17(25-18(13)16)14-7-1-2-9-15(14)19(21,22)23/h1-2,5,7-10,25H,3-4,6,11,24H2. The monoisotopic (exact) mass is 350 g/mol. The van der Waals surface area contributed by atoms with Crippen LogP contribution in [0.2, 0.25) is 0 Å². The molecule has 1 aromatic heterocycles. The SMILES string of the molecule is NCCCCc1c(-c2ccccc2C(F)(F)F)[nH]c2c(F)cccc12. The van der Waals surface area contributed by atoms with Gasteiger partial charge >= 0.3 is 6.18 Å². The molecule has 2 aromatic carbocycles. The average Bonchev–Trinajstić information content (AvgIpc) is 2.95. The summed E-state index contributed by atoms with van der Waals surface area (Å²) in [7, 11) is 0. The lowest BCUT2D eigenvalue weighted by Crippen LogP contribution is -2.07. The Labute approximate surface area is 142 Å². The summed E-state index contributed by atoms with van der Waals surface area (Å²) in [6, 6.07) is 9.95. The summed E-state index contributed by atoms with van der Waals surface area (Å²) in [6.45, 7) is 0.505. The van der Waals surface area contributed by atoms with Gasteiger partial charge in [-0.15, -0.1) is 0 Å². The number of rotatable bonds is 5. The number of alkyl halides is 3. The summed E-state index contributed by atoms with van der Waals surface area (Å²) < 4.78 is 54.4. The molecular formula is C19H18F4N2. The van der Waals surface area contributed by atoms with Crippen LogP contribution >= 0.6 is 0 Å². The Morgan fingerprint density at radius 3 is 2.44 bits per heavy atom. The van der Waals surface area contributed by atoms with Crippen LogP contribution in [0.3, 0.4) is 0 Å². The maximum Gasteiger partial charge on any atom is 0.417 e. The molecule has 2 nitrogen and oxygen atoms in total. The zero-order valence-electron chi connectivity index (χ0n) is 13.5. The van der Waals surface area contributed by atoms with Crippen LogP contribution in [0.1, 0.15) is 24.0 Å². The van der Waals surface area contributed by atoms with E-state index in [9.17, 15) is 17.6 Å². The van der Waals surface area contributed by atoms with Gasteiger partial charge in [0.15, 0.2) is 0 Å². The lowest BCUT2D eigenvalue weighted by atomic mass is 9.97. The minimum atomic E-state index is -4.49. The maximum absolute atomic E-state index is 14.1. The van der Waals surface area contributed by atoms with Crippen LogP contribution in [0.4, 0.5) is 17.6 Å². The quantitative estimate of drug-likeness (QED) is 0.477. The molecule has 0 bridgehead atoms. The summed E-state index contributed by atoms with van der Waals surface area (Å²) in [4.78, 5) is 2.88. The summed E-state index contributed by atoms with van der Waals surface area (Å²) in [5, 5.41) is 0.615. The van der Waals surface area contributed by atoms with E-state index in [0.717, 1.165) is 18.9 Å². The smallest absolute Gasteiger partial charge is 0.352 e. The number of aromatic amines is 1. The van der Waals surface area contributed by atoms with Gasteiger partial charge in [-0.25, -0.2) is 4.39 Å². The number of hydrogen-bond donors (Lipinski definition) is 2. The van der Waals surface area contributed by atoms with Crippen LogP contribution in [-0.2, 0) is 12.6 Å². The van der Waals surface area contributed by atoms with E-state index in [-0.39, 0.29) is 11.1 Å². The van der Waals surface area contributed by atoms with Gasteiger partial charge in [0.25, 0.3) is 0 Å². The number of para-hydroxylation sites is 1.